The summed E-state index contributed by atoms with van der Waals surface area (Å²) in [6.45, 7) is 2.10. The van der Waals surface area contributed by atoms with Gasteiger partial charge in [-0.05, 0) is 31.2 Å². The van der Waals surface area contributed by atoms with Gasteiger partial charge >= 0.3 is 0 Å². The average molecular weight is 254 g/mol. The van der Waals surface area contributed by atoms with Crippen molar-refractivity contribution in [2.45, 2.75) is 37.3 Å². The molecule has 1 heterocycles. The summed E-state index contributed by atoms with van der Waals surface area (Å²) in [5.74, 6) is 0. The van der Waals surface area contributed by atoms with Crippen LogP contribution in [0.15, 0.2) is 30.3 Å². The minimum Gasteiger partial charge on any atom is -0.385 e. The largest absolute Gasteiger partial charge is 0.385 e. The Kier molecular flexibility index (Phi) is 3.76. The molecule has 2 fully saturated rings. The molecule has 0 atom stereocenters. The number of nitrogens with zero attached hydrogens (tertiary/aromatic N) is 1. The fourth-order valence-electron chi connectivity index (χ4n) is 2.74. The maximum absolute atomic E-state index is 10.6. The fourth-order valence-corrected chi connectivity index (χ4v) is 2.74. The SMILES string of the molecule is Cl.OC1(c2ccccc2)CCN(C2CC2)CC1. The Morgan fingerprint density at radius 2 is 1.65 bits per heavy atom. The van der Waals surface area contributed by atoms with E-state index in [-0.39, 0.29) is 12.4 Å². The predicted molar refractivity (Wildman–Crippen MR) is 71.4 cm³/mol. The van der Waals surface area contributed by atoms with Crippen LogP contribution in [0, 0.1) is 0 Å². The second-order valence-corrected chi connectivity index (χ2v) is 5.16. The molecule has 1 aromatic carbocycles. The zero-order valence-corrected chi connectivity index (χ0v) is 10.8. The van der Waals surface area contributed by atoms with Crippen molar-refractivity contribution in [3.63, 3.8) is 0 Å². The lowest BCUT2D eigenvalue weighted by Gasteiger charge is -2.38. The van der Waals surface area contributed by atoms with E-state index in [4.69, 9.17) is 0 Å². The molecule has 3 rings (SSSR count). The molecule has 2 aliphatic rings. The van der Waals surface area contributed by atoms with Crippen LogP contribution in [0.5, 0.6) is 0 Å². The van der Waals surface area contributed by atoms with E-state index in [1.54, 1.807) is 0 Å². The second-order valence-electron chi connectivity index (χ2n) is 5.16. The number of piperidine rings is 1. The van der Waals surface area contributed by atoms with Crippen molar-refractivity contribution in [1.82, 2.24) is 4.90 Å². The van der Waals surface area contributed by atoms with Gasteiger partial charge in [0.05, 0.1) is 5.60 Å². The second kappa shape index (κ2) is 4.97. The molecule has 3 heteroatoms. The lowest BCUT2D eigenvalue weighted by atomic mass is 9.84. The average Bonchev–Trinajstić information content (AvgIpc) is 3.15. The van der Waals surface area contributed by atoms with Gasteiger partial charge in [-0.2, -0.15) is 0 Å². The van der Waals surface area contributed by atoms with Crippen LogP contribution >= 0.6 is 12.4 Å². The summed E-state index contributed by atoms with van der Waals surface area (Å²) in [7, 11) is 0. The van der Waals surface area contributed by atoms with E-state index in [0.717, 1.165) is 37.5 Å². The summed E-state index contributed by atoms with van der Waals surface area (Å²) in [6, 6.07) is 11.0. The maximum atomic E-state index is 10.6. The molecule has 2 nitrogen and oxygen atoms in total. The molecule has 0 spiro atoms. The van der Waals surface area contributed by atoms with Gasteiger partial charge < -0.3 is 10.0 Å². The molecule has 0 bridgehead atoms. The number of benzene rings is 1. The van der Waals surface area contributed by atoms with Gasteiger partial charge in [-0.1, -0.05) is 30.3 Å². The molecular weight excluding hydrogens is 234 g/mol. The minimum atomic E-state index is -0.577. The Morgan fingerprint density at radius 3 is 2.18 bits per heavy atom. The van der Waals surface area contributed by atoms with Crippen molar-refractivity contribution in [2.75, 3.05) is 13.1 Å². The monoisotopic (exact) mass is 253 g/mol. The number of rotatable bonds is 2. The topological polar surface area (TPSA) is 23.5 Å². The van der Waals surface area contributed by atoms with Crippen molar-refractivity contribution in [1.29, 1.82) is 0 Å². The third kappa shape index (κ3) is 2.65. The molecule has 0 unspecified atom stereocenters. The summed E-state index contributed by atoms with van der Waals surface area (Å²) < 4.78 is 0. The third-order valence-corrected chi connectivity index (χ3v) is 4.00. The summed E-state index contributed by atoms with van der Waals surface area (Å²) >= 11 is 0. The molecule has 0 amide bonds. The first kappa shape index (κ1) is 12.9. The Labute approximate surface area is 109 Å². The Morgan fingerprint density at radius 1 is 1.06 bits per heavy atom. The molecule has 1 aromatic rings. The van der Waals surface area contributed by atoms with Gasteiger partial charge in [-0.25, -0.2) is 0 Å². The number of aliphatic hydroxyl groups is 1. The first-order chi connectivity index (χ1) is 7.78. The molecule has 1 saturated carbocycles. The number of hydrogen-bond donors (Lipinski definition) is 1. The Bertz CT molecular complexity index is 356. The van der Waals surface area contributed by atoms with Crippen LogP contribution in [0.25, 0.3) is 0 Å². The van der Waals surface area contributed by atoms with Crippen molar-refractivity contribution < 1.29 is 5.11 Å². The number of hydrogen-bond acceptors (Lipinski definition) is 2. The molecule has 94 valence electrons. The van der Waals surface area contributed by atoms with Crippen molar-refractivity contribution in [2.24, 2.45) is 0 Å². The molecule has 0 aromatic heterocycles. The van der Waals surface area contributed by atoms with Gasteiger partial charge in [0.15, 0.2) is 0 Å². The molecule has 0 radical (unpaired) electrons. The van der Waals surface area contributed by atoms with Crippen molar-refractivity contribution in [3.05, 3.63) is 35.9 Å². The molecular formula is C14H20ClNO. The highest BCUT2D eigenvalue weighted by atomic mass is 35.5. The fraction of sp³-hybridized carbons (Fsp3) is 0.571. The van der Waals surface area contributed by atoms with Crippen LogP contribution in [-0.2, 0) is 5.60 Å². The van der Waals surface area contributed by atoms with E-state index in [2.05, 4.69) is 4.90 Å². The summed E-state index contributed by atoms with van der Waals surface area (Å²) in [4.78, 5) is 2.54. The zero-order chi connectivity index (χ0) is 11.0. The van der Waals surface area contributed by atoms with E-state index in [1.165, 1.54) is 12.8 Å². The Balaban J connectivity index is 0.00000108. The van der Waals surface area contributed by atoms with Crippen LogP contribution in [0.4, 0.5) is 0 Å². The highest BCUT2D eigenvalue weighted by molar-refractivity contribution is 5.85. The van der Waals surface area contributed by atoms with E-state index < -0.39 is 5.60 Å². The number of likely N-dealkylation sites (tertiary alicyclic amines) is 1. The first-order valence-electron chi connectivity index (χ1n) is 6.30. The first-order valence-corrected chi connectivity index (χ1v) is 6.30. The van der Waals surface area contributed by atoms with Crippen LogP contribution < -0.4 is 0 Å². The van der Waals surface area contributed by atoms with E-state index in [0.29, 0.717) is 0 Å². The number of halogens is 1. The van der Waals surface area contributed by atoms with Crippen molar-refractivity contribution in [3.8, 4) is 0 Å². The summed E-state index contributed by atoms with van der Waals surface area (Å²) in [6.07, 6.45) is 4.49. The van der Waals surface area contributed by atoms with Crippen molar-refractivity contribution >= 4 is 12.4 Å². The predicted octanol–water partition coefficient (Wildman–Crippen LogP) is 2.55. The lowest BCUT2D eigenvalue weighted by Crippen LogP contribution is -2.43. The van der Waals surface area contributed by atoms with Gasteiger partial charge in [0.25, 0.3) is 0 Å². The summed E-state index contributed by atoms with van der Waals surface area (Å²) in [5.41, 5.74) is 0.512. The van der Waals surface area contributed by atoms with E-state index in [9.17, 15) is 5.11 Å². The van der Waals surface area contributed by atoms with Crippen LogP contribution in [0.2, 0.25) is 0 Å². The molecule has 1 saturated heterocycles. The van der Waals surface area contributed by atoms with E-state index >= 15 is 0 Å². The van der Waals surface area contributed by atoms with Crippen LogP contribution in [0.1, 0.15) is 31.2 Å². The molecule has 1 aliphatic heterocycles. The summed E-state index contributed by atoms with van der Waals surface area (Å²) in [5, 5.41) is 10.6. The van der Waals surface area contributed by atoms with Crippen LogP contribution in [0.3, 0.4) is 0 Å². The lowest BCUT2D eigenvalue weighted by molar-refractivity contribution is -0.0277. The molecule has 1 N–H and O–H groups in total. The quantitative estimate of drug-likeness (QED) is 0.876. The van der Waals surface area contributed by atoms with Gasteiger partial charge in [0.1, 0.15) is 0 Å². The van der Waals surface area contributed by atoms with Crippen LogP contribution in [-0.4, -0.2) is 29.1 Å². The standard InChI is InChI=1S/C14H19NO.ClH/c16-14(12-4-2-1-3-5-12)8-10-15(11-9-14)13-6-7-13;/h1-5,13,16H,6-11H2;1H. The van der Waals surface area contributed by atoms with Gasteiger partial charge in [0.2, 0.25) is 0 Å². The zero-order valence-electron chi connectivity index (χ0n) is 10.0. The maximum Gasteiger partial charge on any atom is 0.0920 e. The van der Waals surface area contributed by atoms with Gasteiger partial charge in [-0.3, -0.25) is 0 Å². The molecule has 1 aliphatic carbocycles. The van der Waals surface area contributed by atoms with E-state index in [1.807, 2.05) is 30.3 Å². The highest BCUT2D eigenvalue weighted by Gasteiger charge is 2.38. The highest BCUT2D eigenvalue weighted by Crippen LogP contribution is 2.37. The Hall–Kier alpha value is -0.570. The minimum absolute atomic E-state index is 0. The normalized spacial score (nSPS) is 24.1. The smallest absolute Gasteiger partial charge is 0.0920 e. The third-order valence-electron chi connectivity index (χ3n) is 4.00. The van der Waals surface area contributed by atoms with Gasteiger partial charge in [-0.15, -0.1) is 12.4 Å². The van der Waals surface area contributed by atoms with Gasteiger partial charge in [0, 0.05) is 19.1 Å². The molecule has 17 heavy (non-hydrogen) atoms.